The highest BCUT2D eigenvalue weighted by atomic mass is 16.5. The summed E-state index contributed by atoms with van der Waals surface area (Å²) >= 11 is 0. The molecule has 1 aromatic carbocycles. The highest BCUT2D eigenvalue weighted by molar-refractivity contribution is 5.75. The van der Waals surface area contributed by atoms with Crippen LogP contribution in [0.25, 0.3) is 0 Å². The molecular weight excluding hydrogens is 274 g/mol. The topological polar surface area (TPSA) is 29.5 Å². The zero-order chi connectivity index (χ0) is 15.9. The number of esters is 1. The van der Waals surface area contributed by atoms with Gasteiger partial charge in [0.25, 0.3) is 0 Å². The van der Waals surface area contributed by atoms with E-state index in [0.29, 0.717) is 18.0 Å². The zero-order valence-corrected chi connectivity index (χ0v) is 14.1. The SMILES string of the molecule is Cc1ccc(C2C[C@H]3CCC(C2C(=O)OC(C)C)N3C)cc1. The van der Waals surface area contributed by atoms with Gasteiger partial charge in [-0.1, -0.05) is 29.8 Å². The highest BCUT2D eigenvalue weighted by Gasteiger charge is 2.49. The van der Waals surface area contributed by atoms with Crippen molar-refractivity contribution >= 4 is 5.97 Å². The summed E-state index contributed by atoms with van der Waals surface area (Å²) in [5.41, 5.74) is 2.56. The van der Waals surface area contributed by atoms with Crippen molar-refractivity contribution in [1.82, 2.24) is 4.90 Å². The van der Waals surface area contributed by atoms with Gasteiger partial charge >= 0.3 is 5.97 Å². The van der Waals surface area contributed by atoms with Gasteiger partial charge in [0.05, 0.1) is 12.0 Å². The fraction of sp³-hybridized carbons (Fsp3) is 0.632. The zero-order valence-electron chi connectivity index (χ0n) is 14.1. The lowest BCUT2D eigenvalue weighted by molar-refractivity contribution is -0.157. The summed E-state index contributed by atoms with van der Waals surface area (Å²) in [6.07, 6.45) is 3.33. The number of ether oxygens (including phenoxy) is 1. The molecular formula is C19H27NO2. The molecule has 2 aliphatic heterocycles. The molecule has 0 N–H and O–H groups in total. The van der Waals surface area contributed by atoms with E-state index in [9.17, 15) is 4.79 Å². The minimum Gasteiger partial charge on any atom is -0.463 e. The molecule has 0 amide bonds. The summed E-state index contributed by atoms with van der Waals surface area (Å²) < 4.78 is 5.60. The van der Waals surface area contributed by atoms with E-state index in [1.807, 2.05) is 13.8 Å². The Hall–Kier alpha value is -1.35. The normalized spacial score (nSPS) is 31.5. The van der Waals surface area contributed by atoms with Crippen molar-refractivity contribution in [3.63, 3.8) is 0 Å². The third-order valence-corrected chi connectivity index (χ3v) is 5.40. The Morgan fingerprint density at radius 3 is 2.55 bits per heavy atom. The van der Waals surface area contributed by atoms with Gasteiger partial charge in [-0.25, -0.2) is 0 Å². The number of rotatable bonds is 3. The Labute approximate surface area is 133 Å². The molecule has 2 saturated heterocycles. The molecule has 3 heteroatoms. The smallest absolute Gasteiger partial charge is 0.311 e. The van der Waals surface area contributed by atoms with Crippen LogP contribution in [0.1, 0.15) is 50.2 Å². The number of carbonyl (C=O) groups excluding carboxylic acids is 1. The van der Waals surface area contributed by atoms with Gasteiger partial charge in [-0.05, 0) is 52.6 Å². The molecule has 0 aliphatic carbocycles. The van der Waals surface area contributed by atoms with Crippen molar-refractivity contribution in [2.24, 2.45) is 5.92 Å². The number of aryl methyl sites for hydroxylation is 1. The van der Waals surface area contributed by atoms with Crippen molar-refractivity contribution in [2.75, 3.05) is 7.05 Å². The molecule has 4 atom stereocenters. The standard InChI is InChI=1S/C19H27NO2/c1-12(2)22-19(21)18-16(14-7-5-13(3)6-8-14)11-15-9-10-17(18)20(15)4/h5-8,12,15-18H,9-11H2,1-4H3/t15-,16?,17?,18?/m1/s1. The third-order valence-electron chi connectivity index (χ3n) is 5.40. The summed E-state index contributed by atoms with van der Waals surface area (Å²) in [4.78, 5) is 15.2. The van der Waals surface area contributed by atoms with E-state index in [2.05, 4.69) is 43.1 Å². The average Bonchev–Trinajstić information content (AvgIpc) is 2.71. The van der Waals surface area contributed by atoms with Crippen LogP contribution < -0.4 is 0 Å². The van der Waals surface area contributed by atoms with Crippen molar-refractivity contribution < 1.29 is 9.53 Å². The molecule has 2 bridgehead atoms. The summed E-state index contributed by atoms with van der Waals surface area (Å²) in [6.45, 7) is 5.97. The molecule has 0 spiro atoms. The molecule has 2 fully saturated rings. The van der Waals surface area contributed by atoms with Crippen molar-refractivity contribution in [3.8, 4) is 0 Å². The van der Waals surface area contributed by atoms with Crippen LogP contribution in [-0.2, 0) is 9.53 Å². The molecule has 22 heavy (non-hydrogen) atoms. The van der Waals surface area contributed by atoms with Crippen LogP contribution in [0.4, 0.5) is 0 Å². The van der Waals surface area contributed by atoms with Gasteiger partial charge in [0, 0.05) is 18.0 Å². The summed E-state index contributed by atoms with van der Waals surface area (Å²) in [5, 5.41) is 0. The maximum Gasteiger partial charge on any atom is 0.311 e. The van der Waals surface area contributed by atoms with Crippen LogP contribution in [0.3, 0.4) is 0 Å². The minimum absolute atomic E-state index is 0.0159. The van der Waals surface area contributed by atoms with Crippen molar-refractivity contribution in [3.05, 3.63) is 35.4 Å². The quantitative estimate of drug-likeness (QED) is 0.800. The highest BCUT2D eigenvalue weighted by Crippen LogP contribution is 2.46. The number of nitrogens with zero attached hydrogens (tertiary/aromatic N) is 1. The van der Waals surface area contributed by atoms with Crippen LogP contribution in [0.2, 0.25) is 0 Å². The number of carbonyl (C=O) groups is 1. The molecule has 2 aliphatic rings. The van der Waals surface area contributed by atoms with E-state index in [4.69, 9.17) is 4.74 Å². The van der Waals surface area contributed by atoms with E-state index >= 15 is 0 Å². The molecule has 0 aromatic heterocycles. The molecule has 120 valence electrons. The van der Waals surface area contributed by atoms with Crippen molar-refractivity contribution in [2.45, 2.75) is 64.1 Å². The monoisotopic (exact) mass is 301 g/mol. The van der Waals surface area contributed by atoms with Gasteiger partial charge in [-0.3, -0.25) is 9.69 Å². The minimum atomic E-state index is -0.0457. The first-order valence-corrected chi connectivity index (χ1v) is 8.46. The van der Waals surface area contributed by atoms with Gasteiger partial charge in [0.2, 0.25) is 0 Å². The first-order chi connectivity index (χ1) is 10.5. The Balaban J connectivity index is 1.91. The number of piperidine rings is 1. The van der Waals surface area contributed by atoms with E-state index in [1.54, 1.807) is 0 Å². The van der Waals surface area contributed by atoms with Crippen LogP contribution in [-0.4, -0.2) is 36.1 Å². The molecule has 2 heterocycles. The van der Waals surface area contributed by atoms with Crippen LogP contribution in [0.5, 0.6) is 0 Å². The van der Waals surface area contributed by atoms with E-state index < -0.39 is 0 Å². The second kappa shape index (κ2) is 6.04. The Kier molecular flexibility index (Phi) is 4.26. The average molecular weight is 301 g/mol. The van der Waals surface area contributed by atoms with Crippen LogP contribution in [0.15, 0.2) is 24.3 Å². The first kappa shape index (κ1) is 15.5. The van der Waals surface area contributed by atoms with Gasteiger partial charge < -0.3 is 4.74 Å². The number of hydrogen-bond acceptors (Lipinski definition) is 3. The van der Waals surface area contributed by atoms with Crippen molar-refractivity contribution in [1.29, 1.82) is 0 Å². The van der Waals surface area contributed by atoms with Gasteiger partial charge in [-0.2, -0.15) is 0 Å². The summed E-state index contributed by atoms with van der Waals surface area (Å²) in [6, 6.07) is 9.64. The van der Waals surface area contributed by atoms with Gasteiger partial charge in [-0.15, -0.1) is 0 Å². The molecule has 1 aromatic rings. The lowest BCUT2D eigenvalue weighted by Crippen LogP contribution is -2.49. The maximum absolute atomic E-state index is 12.7. The molecule has 3 unspecified atom stereocenters. The Morgan fingerprint density at radius 2 is 1.91 bits per heavy atom. The first-order valence-electron chi connectivity index (χ1n) is 8.46. The Bertz CT molecular complexity index is 537. The van der Waals surface area contributed by atoms with Gasteiger partial charge in [0.15, 0.2) is 0 Å². The fourth-order valence-corrected chi connectivity index (χ4v) is 4.26. The number of benzene rings is 1. The second-order valence-corrected chi connectivity index (χ2v) is 7.23. The second-order valence-electron chi connectivity index (χ2n) is 7.23. The predicted molar refractivity (Wildman–Crippen MR) is 87.8 cm³/mol. The largest absolute Gasteiger partial charge is 0.463 e. The summed E-state index contributed by atoms with van der Waals surface area (Å²) in [7, 11) is 2.17. The lowest BCUT2D eigenvalue weighted by Gasteiger charge is -2.42. The maximum atomic E-state index is 12.7. The number of hydrogen-bond donors (Lipinski definition) is 0. The predicted octanol–water partition coefficient (Wildman–Crippen LogP) is 3.51. The van der Waals surface area contributed by atoms with E-state index in [1.165, 1.54) is 17.5 Å². The van der Waals surface area contributed by atoms with Crippen LogP contribution >= 0.6 is 0 Å². The van der Waals surface area contributed by atoms with Crippen LogP contribution in [0, 0.1) is 12.8 Å². The Morgan fingerprint density at radius 1 is 1.23 bits per heavy atom. The molecule has 0 radical (unpaired) electrons. The molecule has 0 saturated carbocycles. The molecule has 3 rings (SSSR count). The molecule has 3 nitrogen and oxygen atoms in total. The van der Waals surface area contributed by atoms with E-state index in [-0.39, 0.29) is 18.0 Å². The lowest BCUT2D eigenvalue weighted by atomic mass is 9.76. The van der Waals surface area contributed by atoms with Gasteiger partial charge in [0.1, 0.15) is 0 Å². The third kappa shape index (κ3) is 2.79. The fourth-order valence-electron chi connectivity index (χ4n) is 4.26. The van der Waals surface area contributed by atoms with E-state index in [0.717, 1.165) is 12.8 Å². The number of fused-ring (bicyclic) bond motifs is 2. The summed E-state index contributed by atoms with van der Waals surface area (Å²) in [5.74, 6) is 0.243.